The van der Waals surface area contributed by atoms with Gasteiger partial charge < -0.3 is 5.32 Å². The van der Waals surface area contributed by atoms with Crippen molar-refractivity contribution in [2.24, 2.45) is 0 Å². The standard InChI is InChI=1S/C8H8ClN3/c1-3-6(2)11-8-5-10-4-7(9)12-8/h1,4-6H,2H3,(H,11,12). The maximum Gasteiger partial charge on any atom is 0.149 e. The van der Waals surface area contributed by atoms with E-state index in [4.69, 9.17) is 18.0 Å². The predicted octanol–water partition coefficient (Wildman–Crippen LogP) is 1.56. The number of aromatic nitrogens is 2. The predicted molar refractivity (Wildman–Crippen MR) is 49.0 cm³/mol. The van der Waals surface area contributed by atoms with E-state index < -0.39 is 0 Å². The summed E-state index contributed by atoms with van der Waals surface area (Å²) in [6, 6.07) is -0.0715. The van der Waals surface area contributed by atoms with Crippen LogP contribution in [-0.2, 0) is 0 Å². The molecular formula is C8H8ClN3. The number of hydrogen-bond acceptors (Lipinski definition) is 3. The van der Waals surface area contributed by atoms with Crippen molar-refractivity contribution < 1.29 is 0 Å². The maximum atomic E-state index is 5.61. The number of nitrogens with zero attached hydrogens (tertiary/aromatic N) is 2. The van der Waals surface area contributed by atoms with Crippen LogP contribution in [0.2, 0.25) is 5.15 Å². The molecule has 0 amide bonds. The molecule has 1 N–H and O–H groups in total. The molecule has 1 aromatic rings. The highest BCUT2D eigenvalue weighted by Crippen LogP contribution is 2.07. The van der Waals surface area contributed by atoms with Crippen LogP contribution in [0.4, 0.5) is 5.82 Å². The summed E-state index contributed by atoms with van der Waals surface area (Å²) in [6.45, 7) is 1.85. The van der Waals surface area contributed by atoms with Gasteiger partial charge in [0.25, 0.3) is 0 Å². The fourth-order valence-electron chi connectivity index (χ4n) is 0.675. The van der Waals surface area contributed by atoms with E-state index in [9.17, 15) is 0 Å². The molecule has 62 valence electrons. The first-order valence-electron chi connectivity index (χ1n) is 3.42. The first-order valence-corrected chi connectivity index (χ1v) is 3.80. The molecule has 1 atom stereocenters. The van der Waals surface area contributed by atoms with E-state index in [0.717, 1.165) is 0 Å². The lowest BCUT2D eigenvalue weighted by atomic mass is 10.3. The van der Waals surface area contributed by atoms with E-state index in [1.54, 1.807) is 6.20 Å². The topological polar surface area (TPSA) is 37.8 Å². The Labute approximate surface area is 76.2 Å². The molecule has 0 saturated carbocycles. The van der Waals surface area contributed by atoms with Crippen molar-refractivity contribution in [3.05, 3.63) is 17.5 Å². The highest BCUT2D eigenvalue weighted by molar-refractivity contribution is 6.29. The van der Waals surface area contributed by atoms with Crippen molar-refractivity contribution in [2.75, 3.05) is 5.32 Å². The van der Waals surface area contributed by atoms with Gasteiger partial charge in [-0.3, -0.25) is 4.98 Å². The average Bonchev–Trinajstić information content (AvgIpc) is 2.04. The van der Waals surface area contributed by atoms with Gasteiger partial charge in [-0.25, -0.2) is 4.98 Å². The fraction of sp³-hybridized carbons (Fsp3) is 0.250. The average molecular weight is 182 g/mol. The van der Waals surface area contributed by atoms with E-state index in [1.807, 2.05) is 6.92 Å². The Morgan fingerprint density at radius 2 is 2.42 bits per heavy atom. The highest BCUT2D eigenvalue weighted by Gasteiger charge is 1.98. The molecule has 0 spiro atoms. The number of halogens is 1. The van der Waals surface area contributed by atoms with Crippen molar-refractivity contribution in [2.45, 2.75) is 13.0 Å². The second kappa shape index (κ2) is 3.93. The Bertz CT molecular complexity index is 305. The molecule has 3 nitrogen and oxygen atoms in total. The Hall–Kier alpha value is -1.27. The van der Waals surface area contributed by atoms with Crippen molar-refractivity contribution in [3.8, 4) is 12.3 Å². The summed E-state index contributed by atoms with van der Waals surface area (Å²) in [4.78, 5) is 7.80. The summed E-state index contributed by atoms with van der Waals surface area (Å²) < 4.78 is 0. The van der Waals surface area contributed by atoms with Crippen LogP contribution < -0.4 is 5.32 Å². The Balaban J connectivity index is 2.71. The summed E-state index contributed by atoms with van der Waals surface area (Å²) in [7, 11) is 0. The van der Waals surface area contributed by atoms with Crippen LogP contribution in [0.25, 0.3) is 0 Å². The molecular weight excluding hydrogens is 174 g/mol. The lowest BCUT2D eigenvalue weighted by molar-refractivity contribution is 1.00. The van der Waals surface area contributed by atoms with Crippen LogP contribution in [0.3, 0.4) is 0 Å². The monoisotopic (exact) mass is 181 g/mol. The lowest BCUT2D eigenvalue weighted by Crippen LogP contribution is -2.13. The van der Waals surface area contributed by atoms with Crippen LogP contribution in [0.5, 0.6) is 0 Å². The van der Waals surface area contributed by atoms with E-state index in [-0.39, 0.29) is 6.04 Å². The fourth-order valence-corrected chi connectivity index (χ4v) is 0.823. The van der Waals surface area contributed by atoms with Gasteiger partial charge in [0, 0.05) is 0 Å². The molecule has 0 radical (unpaired) electrons. The summed E-state index contributed by atoms with van der Waals surface area (Å²) in [6.07, 6.45) is 8.20. The first kappa shape index (κ1) is 8.82. The molecule has 1 heterocycles. The molecule has 12 heavy (non-hydrogen) atoms. The first-order chi connectivity index (χ1) is 5.72. The molecule has 1 aromatic heterocycles. The second-order valence-electron chi connectivity index (χ2n) is 2.26. The van der Waals surface area contributed by atoms with Gasteiger partial charge in [-0.05, 0) is 6.92 Å². The van der Waals surface area contributed by atoms with Crippen molar-refractivity contribution in [1.82, 2.24) is 9.97 Å². The molecule has 0 aromatic carbocycles. The van der Waals surface area contributed by atoms with Crippen LogP contribution in [-0.4, -0.2) is 16.0 Å². The van der Waals surface area contributed by atoms with E-state index in [1.165, 1.54) is 6.20 Å². The third kappa shape index (κ3) is 2.40. The van der Waals surface area contributed by atoms with Gasteiger partial charge in [0.15, 0.2) is 0 Å². The van der Waals surface area contributed by atoms with Crippen LogP contribution >= 0.6 is 11.6 Å². The number of hydrogen-bond donors (Lipinski definition) is 1. The van der Waals surface area contributed by atoms with Gasteiger partial charge in [0.1, 0.15) is 11.0 Å². The summed E-state index contributed by atoms with van der Waals surface area (Å²) in [5.41, 5.74) is 0. The van der Waals surface area contributed by atoms with E-state index in [0.29, 0.717) is 11.0 Å². The third-order valence-corrected chi connectivity index (χ3v) is 1.40. The molecule has 0 aliphatic heterocycles. The molecule has 1 rings (SSSR count). The van der Waals surface area contributed by atoms with E-state index >= 15 is 0 Å². The van der Waals surface area contributed by atoms with Gasteiger partial charge in [0.2, 0.25) is 0 Å². The smallest absolute Gasteiger partial charge is 0.149 e. The summed E-state index contributed by atoms with van der Waals surface area (Å²) in [5.74, 6) is 3.10. The minimum absolute atomic E-state index is 0.0715. The highest BCUT2D eigenvalue weighted by atomic mass is 35.5. The SMILES string of the molecule is C#CC(C)Nc1cncc(Cl)n1. The van der Waals surface area contributed by atoms with Crippen molar-refractivity contribution in [3.63, 3.8) is 0 Å². The minimum atomic E-state index is -0.0715. The quantitative estimate of drug-likeness (QED) is 0.704. The van der Waals surface area contributed by atoms with E-state index in [2.05, 4.69) is 21.2 Å². The van der Waals surface area contributed by atoms with Crippen molar-refractivity contribution in [1.29, 1.82) is 0 Å². The number of rotatable bonds is 2. The molecule has 1 unspecified atom stereocenters. The minimum Gasteiger partial charge on any atom is -0.355 e. The zero-order valence-corrected chi connectivity index (χ0v) is 7.34. The van der Waals surface area contributed by atoms with Gasteiger partial charge in [-0.1, -0.05) is 17.5 Å². The normalized spacial score (nSPS) is 11.8. The maximum absolute atomic E-state index is 5.61. The zero-order valence-electron chi connectivity index (χ0n) is 6.58. The Morgan fingerprint density at radius 1 is 1.67 bits per heavy atom. The summed E-state index contributed by atoms with van der Waals surface area (Å²) in [5, 5.41) is 3.29. The Morgan fingerprint density at radius 3 is 3.00 bits per heavy atom. The van der Waals surface area contributed by atoms with Crippen LogP contribution in [0.1, 0.15) is 6.92 Å². The Kier molecular flexibility index (Phi) is 2.89. The third-order valence-electron chi connectivity index (χ3n) is 1.22. The number of nitrogens with one attached hydrogen (secondary N) is 1. The zero-order chi connectivity index (χ0) is 8.97. The molecule has 0 aliphatic carbocycles. The number of terminal acetylenes is 1. The second-order valence-corrected chi connectivity index (χ2v) is 2.65. The van der Waals surface area contributed by atoms with Crippen LogP contribution in [0.15, 0.2) is 12.4 Å². The summed E-state index contributed by atoms with van der Waals surface area (Å²) >= 11 is 5.61. The molecule has 0 saturated heterocycles. The van der Waals surface area contributed by atoms with Gasteiger partial charge in [-0.2, -0.15) is 0 Å². The molecule has 0 aliphatic rings. The molecule has 0 bridgehead atoms. The van der Waals surface area contributed by atoms with Crippen LogP contribution in [0, 0.1) is 12.3 Å². The lowest BCUT2D eigenvalue weighted by Gasteiger charge is -2.06. The number of anilines is 1. The molecule has 4 heteroatoms. The van der Waals surface area contributed by atoms with Gasteiger partial charge >= 0.3 is 0 Å². The largest absolute Gasteiger partial charge is 0.355 e. The van der Waals surface area contributed by atoms with Gasteiger partial charge in [-0.15, -0.1) is 6.42 Å². The molecule has 0 fully saturated rings. The van der Waals surface area contributed by atoms with Gasteiger partial charge in [0.05, 0.1) is 18.4 Å². The van der Waals surface area contributed by atoms with Crippen molar-refractivity contribution >= 4 is 17.4 Å².